The third-order valence-electron chi connectivity index (χ3n) is 3.71. The second-order valence-corrected chi connectivity index (χ2v) is 7.67. The second kappa shape index (κ2) is 7.17. The minimum atomic E-state index is -3.46. The summed E-state index contributed by atoms with van der Waals surface area (Å²) in [5.74, 6) is -0.434. The topological polar surface area (TPSA) is 82.6 Å². The number of carbonyl (C=O) groups is 1. The summed E-state index contributed by atoms with van der Waals surface area (Å²) in [6.45, 7) is 1.05. The Morgan fingerprint density at radius 3 is 2.86 bits per heavy atom. The Morgan fingerprint density at radius 1 is 1.45 bits per heavy atom. The first kappa shape index (κ1) is 16.9. The molecule has 0 bridgehead atoms. The van der Waals surface area contributed by atoms with Crippen LogP contribution in [0.15, 0.2) is 24.4 Å². The second-order valence-electron chi connectivity index (χ2n) is 5.53. The molecule has 0 aromatic carbocycles. The minimum Gasteiger partial charge on any atom is -0.350 e. The zero-order valence-corrected chi connectivity index (χ0v) is 13.7. The summed E-state index contributed by atoms with van der Waals surface area (Å²) in [6, 6.07) is 5.51. The van der Waals surface area contributed by atoms with Crippen LogP contribution in [-0.4, -0.2) is 55.1 Å². The lowest BCUT2D eigenvalue weighted by Gasteiger charge is -2.32. The number of aromatic nitrogens is 1. The fourth-order valence-electron chi connectivity index (χ4n) is 2.42. The lowest BCUT2D eigenvalue weighted by Crippen LogP contribution is -2.48. The highest BCUT2D eigenvalue weighted by Gasteiger charge is 2.33. The Kier molecular flexibility index (Phi) is 5.49. The van der Waals surface area contributed by atoms with E-state index in [0.717, 1.165) is 5.69 Å². The Balaban J connectivity index is 1.93. The monoisotopic (exact) mass is 326 g/mol. The molecule has 1 aliphatic rings. The molecule has 1 aromatic rings. The van der Waals surface area contributed by atoms with Gasteiger partial charge in [-0.2, -0.15) is 17.0 Å². The van der Waals surface area contributed by atoms with E-state index in [9.17, 15) is 13.2 Å². The molecule has 2 rings (SSSR count). The van der Waals surface area contributed by atoms with E-state index in [1.54, 1.807) is 6.20 Å². The largest absolute Gasteiger partial charge is 0.350 e. The Bertz CT molecular complexity index is 604. The van der Waals surface area contributed by atoms with Gasteiger partial charge in [0.1, 0.15) is 0 Å². The van der Waals surface area contributed by atoms with E-state index in [1.807, 2.05) is 18.2 Å². The molecule has 1 N–H and O–H groups in total. The molecule has 1 saturated heterocycles. The molecule has 122 valence electrons. The number of hydrogen-bond donors (Lipinski definition) is 1. The molecular weight excluding hydrogens is 304 g/mol. The molecule has 8 heteroatoms. The van der Waals surface area contributed by atoms with E-state index in [0.29, 0.717) is 25.9 Å². The first-order valence-corrected chi connectivity index (χ1v) is 8.66. The molecule has 22 heavy (non-hydrogen) atoms. The molecule has 0 aliphatic carbocycles. The van der Waals surface area contributed by atoms with Crippen LogP contribution in [0.3, 0.4) is 0 Å². The maximum Gasteiger partial charge on any atom is 0.281 e. The summed E-state index contributed by atoms with van der Waals surface area (Å²) in [5, 5.41) is 2.83. The Morgan fingerprint density at radius 2 is 2.23 bits per heavy atom. The number of pyridine rings is 1. The van der Waals surface area contributed by atoms with Gasteiger partial charge in [0.05, 0.1) is 18.2 Å². The van der Waals surface area contributed by atoms with Gasteiger partial charge >= 0.3 is 0 Å². The molecule has 1 aromatic heterocycles. The SMILES string of the molecule is CN(C)S(=O)(=O)N1CCC[C@H](C(=O)NCc2ccccn2)C1. The Hall–Kier alpha value is -1.51. The minimum absolute atomic E-state index is 0.121. The van der Waals surface area contributed by atoms with Crippen LogP contribution in [0.25, 0.3) is 0 Å². The van der Waals surface area contributed by atoms with E-state index < -0.39 is 10.2 Å². The number of nitrogens with one attached hydrogen (secondary N) is 1. The number of rotatable bonds is 5. The van der Waals surface area contributed by atoms with Gasteiger partial charge in [-0.15, -0.1) is 0 Å². The van der Waals surface area contributed by atoms with Crippen LogP contribution in [0.1, 0.15) is 18.5 Å². The zero-order valence-electron chi connectivity index (χ0n) is 12.9. The standard InChI is InChI=1S/C14H22N4O3S/c1-17(2)22(20,21)18-9-5-6-12(11-18)14(19)16-10-13-7-3-4-8-15-13/h3-4,7-8,12H,5-6,9-11H2,1-2H3,(H,16,19)/t12-/m0/s1. The predicted octanol–water partition coefficient (Wildman–Crippen LogP) is 0.216. The van der Waals surface area contributed by atoms with Crippen LogP contribution in [0.5, 0.6) is 0 Å². The average Bonchev–Trinajstić information content (AvgIpc) is 2.53. The van der Waals surface area contributed by atoms with Crippen molar-refractivity contribution in [3.8, 4) is 0 Å². The van der Waals surface area contributed by atoms with Crippen LogP contribution in [-0.2, 0) is 21.5 Å². The summed E-state index contributed by atoms with van der Waals surface area (Å²) in [5.41, 5.74) is 0.782. The molecule has 1 atom stereocenters. The first-order valence-electron chi connectivity index (χ1n) is 7.26. The fourth-order valence-corrected chi connectivity index (χ4v) is 3.61. The zero-order chi connectivity index (χ0) is 16.2. The van der Waals surface area contributed by atoms with E-state index >= 15 is 0 Å². The quantitative estimate of drug-likeness (QED) is 0.839. The lowest BCUT2D eigenvalue weighted by atomic mass is 9.99. The third-order valence-corrected chi connectivity index (χ3v) is 5.62. The Labute approximate surface area is 131 Å². The maximum absolute atomic E-state index is 12.2. The van der Waals surface area contributed by atoms with E-state index in [1.165, 1.54) is 22.7 Å². The summed E-state index contributed by atoms with van der Waals surface area (Å²) in [4.78, 5) is 16.4. The van der Waals surface area contributed by atoms with Crippen LogP contribution in [0.2, 0.25) is 0 Å². The van der Waals surface area contributed by atoms with Gasteiger partial charge in [0.2, 0.25) is 5.91 Å². The molecule has 0 unspecified atom stereocenters. The molecule has 0 radical (unpaired) electrons. The number of carbonyl (C=O) groups excluding carboxylic acids is 1. The van der Waals surface area contributed by atoms with Gasteiger partial charge in [-0.05, 0) is 25.0 Å². The molecule has 0 saturated carbocycles. The smallest absolute Gasteiger partial charge is 0.281 e. The van der Waals surface area contributed by atoms with Crippen molar-refractivity contribution in [3.05, 3.63) is 30.1 Å². The van der Waals surface area contributed by atoms with E-state index in [4.69, 9.17) is 0 Å². The van der Waals surface area contributed by atoms with Crippen LogP contribution < -0.4 is 5.32 Å². The van der Waals surface area contributed by atoms with Crippen molar-refractivity contribution >= 4 is 16.1 Å². The van der Waals surface area contributed by atoms with Gasteiger partial charge in [-0.1, -0.05) is 6.07 Å². The van der Waals surface area contributed by atoms with E-state index in [2.05, 4.69) is 10.3 Å². The van der Waals surface area contributed by atoms with Gasteiger partial charge in [-0.3, -0.25) is 9.78 Å². The lowest BCUT2D eigenvalue weighted by molar-refractivity contribution is -0.126. The van der Waals surface area contributed by atoms with E-state index in [-0.39, 0.29) is 18.4 Å². The number of hydrogen-bond acceptors (Lipinski definition) is 4. The van der Waals surface area contributed by atoms with Gasteiger partial charge in [0.15, 0.2) is 0 Å². The highest BCUT2D eigenvalue weighted by molar-refractivity contribution is 7.86. The highest BCUT2D eigenvalue weighted by atomic mass is 32.2. The molecular formula is C14H22N4O3S. The van der Waals surface area contributed by atoms with Crippen LogP contribution in [0.4, 0.5) is 0 Å². The van der Waals surface area contributed by atoms with Crippen molar-refractivity contribution in [1.82, 2.24) is 18.9 Å². The van der Waals surface area contributed by atoms with Crippen molar-refractivity contribution in [1.29, 1.82) is 0 Å². The van der Waals surface area contributed by atoms with Crippen molar-refractivity contribution in [2.45, 2.75) is 19.4 Å². The molecule has 1 fully saturated rings. The number of amides is 1. The normalized spacial score (nSPS) is 20.0. The highest BCUT2D eigenvalue weighted by Crippen LogP contribution is 2.20. The fraction of sp³-hybridized carbons (Fsp3) is 0.571. The molecule has 2 heterocycles. The molecule has 0 spiro atoms. The maximum atomic E-state index is 12.2. The van der Waals surface area contributed by atoms with Gasteiger partial charge in [0, 0.05) is 33.4 Å². The van der Waals surface area contributed by atoms with Crippen molar-refractivity contribution in [2.24, 2.45) is 5.92 Å². The summed E-state index contributed by atoms with van der Waals surface area (Å²) >= 11 is 0. The van der Waals surface area contributed by atoms with Gasteiger partial charge in [0.25, 0.3) is 10.2 Å². The molecule has 1 amide bonds. The average molecular weight is 326 g/mol. The van der Waals surface area contributed by atoms with Crippen molar-refractivity contribution in [3.63, 3.8) is 0 Å². The predicted molar refractivity (Wildman–Crippen MR) is 83.0 cm³/mol. The van der Waals surface area contributed by atoms with Gasteiger partial charge < -0.3 is 5.32 Å². The first-order chi connectivity index (χ1) is 10.4. The number of nitrogens with zero attached hydrogens (tertiary/aromatic N) is 3. The van der Waals surface area contributed by atoms with Crippen molar-refractivity contribution < 1.29 is 13.2 Å². The van der Waals surface area contributed by atoms with Crippen LogP contribution in [0, 0.1) is 5.92 Å². The summed E-state index contributed by atoms with van der Waals surface area (Å²) in [6.07, 6.45) is 3.07. The van der Waals surface area contributed by atoms with Crippen molar-refractivity contribution in [2.75, 3.05) is 27.2 Å². The molecule has 1 aliphatic heterocycles. The summed E-state index contributed by atoms with van der Waals surface area (Å²) < 4.78 is 26.8. The summed E-state index contributed by atoms with van der Waals surface area (Å²) in [7, 11) is -0.459. The third kappa shape index (κ3) is 4.02. The number of piperidine rings is 1. The molecule has 7 nitrogen and oxygen atoms in total. The van der Waals surface area contributed by atoms with Gasteiger partial charge in [-0.25, -0.2) is 0 Å². The van der Waals surface area contributed by atoms with Crippen LogP contribution >= 0.6 is 0 Å².